The first-order valence-corrected chi connectivity index (χ1v) is 9.59. The highest BCUT2D eigenvalue weighted by Crippen LogP contribution is 2.15. The first kappa shape index (κ1) is 20.9. The van der Waals surface area contributed by atoms with Crippen LogP contribution in [0.2, 0.25) is 0 Å². The third-order valence-corrected chi connectivity index (χ3v) is 4.25. The quantitative estimate of drug-likeness (QED) is 0.316. The molecule has 1 N–H and O–H groups in total. The van der Waals surface area contributed by atoms with E-state index in [4.69, 9.17) is 9.47 Å². The van der Waals surface area contributed by atoms with Crippen LogP contribution in [0.5, 0.6) is 11.5 Å². The first-order chi connectivity index (χ1) is 14.6. The predicted molar refractivity (Wildman–Crippen MR) is 119 cm³/mol. The fourth-order valence-electron chi connectivity index (χ4n) is 2.62. The van der Waals surface area contributed by atoms with E-state index in [1.54, 1.807) is 36.6 Å². The number of amides is 1. The molecule has 30 heavy (non-hydrogen) atoms. The van der Waals surface area contributed by atoms with Crippen molar-refractivity contribution in [2.75, 3.05) is 6.61 Å². The molecule has 0 saturated carbocycles. The molecule has 3 rings (SSSR count). The van der Waals surface area contributed by atoms with Gasteiger partial charge < -0.3 is 9.47 Å². The molecule has 0 bridgehead atoms. The number of nitrogens with zero attached hydrogens (tertiary/aromatic N) is 1. The van der Waals surface area contributed by atoms with Crippen LogP contribution in [0.25, 0.3) is 0 Å². The van der Waals surface area contributed by atoms with Gasteiger partial charge in [0.1, 0.15) is 24.7 Å². The van der Waals surface area contributed by atoms with E-state index in [0.717, 1.165) is 11.1 Å². The summed E-state index contributed by atoms with van der Waals surface area (Å²) in [7, 11) is 0. The van der Waals surface area contributed by atoms with E-state index >= 15 is 0 Å². The molecular formula is C25H24N2O3. The monoisotopic (exact) mass is 400 g/mol. The Balaban J connectivity index is 1.51. The van der Waals surface area contributed by atoms with E-state index in [9.17, 15) is 4.79 Å². The summed E-state index contributed by atoms with van der Waals surface area (Å²) in [5.74, 6) is 1.12. The molecule has 0 fully saturated rings. The lowest BCUT2D eigenvalue weighted by Gasteiger charge is -2.07. The average molecular weight is 400 g/mol. The maximum Gasteiger partial charge on any atom is 0.271 e. The summed E-state index contributed by atoms with van der Waals surface area (Å²) in [6, 6.07) is 22.6. The van der Waals surface area contributed by atoms with Crippen LogP contribution in [0.4, 0.5) is 0 Å². The molecule has 5 nitrogen and oxygen atoms in total. The highest BCUT2D eigenvalue weighted by atomic mass is 16.5. The third kappa shape index (κ3) is 6.34. The molecule has 0 heterocycles. The molecule has 1 amide bonds. The molecule has 0 atom stereocenters. The van der Waals surface area contributed by atoms with E-state index in [2.05, 4.69) is 29.2 Å². The summed E-state index contributed by atoms with van der Waals surface area (Å²) in [5, 5.41) is 4.01. The summed E-state index contributed by atoms with van der Waals surface area (Å²) < 4.78 is 11.2. The number of nitrogens with one attached hydrogen (secondary N) is 1. The topological polar surface area (TPSA) is 59.9 Å². The van der Waals surface area contributed by atoms with E-state index in [1.807, 2.05) is 43.3 Å². The van der Waals surface area contributed by atoms with E-state index in [-0.39, 0.29) is 5.91 Å². The van der Waals surface area contributed by atoms with Crippen molar-refractivity contribution in [3.63, 3.8) is 0 Å². The normalized spacial score (nSPS) is 10.6. The maximum atomic E-state index is 12.3. The maximum absolute atomic E-state index is 12.3. The van der Waals surface area contributed by atoms with Gasteiger partial charge >= 0.3 is 0 Å². The predicted octanol–water partition coefficient (Wildman–Crippen LogP) is 4.90. The largest absolute Gasteiger partial charge is 0.490 e. The molecule has 0 unspecified atom stereocenters. The number of rotatable bonds is 9. The van der Waals surface area contributed by atoms with Crippen molar-refractivity contribution in [2.45, 2.75) is 13.5 Å². The molecule has 5 heteroatoms. The number of benzene rings is 3. The minimum Gasteiger partial charge on any atom is -0.490 e. The van der Waals surface area contributed by atoms with Crippen molar-refractivity contribution < 1.29 is 14.3 Å². The second-order valence-corrected chi connectivity index (χ2v) is 6.67. The Morgan fingerprint density at radius 1 is 1.00 bits per heavy atom. The fraction of sp³-hybridized carbons (Fsp3) is 0.120. The second kappa shape index (κ2) is 10.6. The van der Waals surface area contributed by atoms with Gasteiger partial charge in [-0.05, 0) is 54.4 Å². The van der Waals surface area contributed by atoms with Crippen LogP contribution >= 0.6 is 0 Å². The van der Waals surface area contributed by atoms with Crippen LogP contribution in [0.3, 0.4) is 0 Å². The second-order valence-electron chi connectivity index (χ2n) is 6.67. The molecular weight excluding hydrogens is 376 g/mol. The number of ether oxygens (including phenoxy) is 2. The Morgan fingerprint density at radius 2 is 1.77 bits per heavy atom. The van der Waals surface area contributed by atoms with Crippen molar-refractivity contribution in [3.8, 4) is 11.5 Å². The number of aryl methyl sites for hydroxylation is 1. The lowest BCUT2D eigenvalue weighted by molar-refractivity contribution is 0.0955. The van der Waals surface area contributed by atoms with Gasteiger partial charge in [-0.2, -0.15) is 5.10 Å². The van der Waals surface area contributed by atoms with Crippen molar-refractivity contribution in [1.29, 1.82) is 0 Å². The molecule has 0 aliphatic heterocycles. The molecule has 0 aromatic heterocycles. The van der Waals surface area contributed by atoms with Gasteiger partial charge in [0.05, 0.1) is 6.21 Å². The Hall–Kier alpha value is -3.86. The zero-order chi connectivity index (χ0) is 21.2. The van der Waals surface area contributed by atoms with Gasteiger partial charge in [0, 0.05) is 5.56 Å². The lowest BCUT2D eigenvalue weighted by atomic mass is 10.2. The SMILES string of the molecule is C=CCOc1cccc(/C=N\NC(=O)c2ccc(OCc3ccc(C)cc3)cc2)c1. The number of hydrogen-bond donors (Lipinski definition) is 1. The van der Waals surface area contributed by atoms with Gasteiger partial charge in [-0.25, -0.2) is 5.43 Å². The molecule has 0 aliphatic rings. The Kier molecular flexibility index (Phi) is 7.39. The molecule has 152 valence electrons. The van der Waals surface area contributed by atoms with E-state index in [1.165, 1.54) is 5.56 Å². The van der Waals surface area contributed by atoms with Crippen molar-refractivity contribution in [1.82, 2.24) is 5.43 Å². The van der Waals surface area contributed by atoms with Gasteiger partial charge in [0.15, 0.2) is 0 Å². The minimum atomic E-state index is -0.296. The third-order valence-electron chi connectivity index (χ3n) is 4.25. The van der Waals surface area contributed by atoms with Gasteiger partial charge in [-0.1, -0.05) is 54.6 Å². The summed E-state index contributed by atoms with van der Waals surface area (Å²) in [4.78, 5) is 12.3. The zero-order valence-electron chi connectivity index (χ0n) is 16.9. The van der Waals surface area contributed by atoms with Crippen LogP contribution in [0.15, 0.2) is 90.6 Å². The summed E-state index contributed by atoms with van der Waals surface area (Å²) in [6.07, 6.45) is 3.25. The lowest BCUT2D eigenvalue weighted by Crippen LogP contribution is -2.17. The van der Waals surface area contributed by atoms with E-state index in [0.29, 0.717) is 30.3 Å². The molecule has 0 spiro atoms. The van der Waals surface area contributed by atoms with Crippen molar-refractivity contribution in [3.05, 3.63) is 108 Å². The summed E-state index contributed by atoms with van der Waals surface area (Å²) in [6.45, 7) is 6.58. The van der Waals surface area contributed by atoms with Gasteiger partial charge in [-0.15, -0.1) is 0 Å². The first-order valence-electron chi connectivity index (χ1n) is 9.59. The fourth-order valence-corrected chi connectivity index (χ4v) is 2.62. The smallest absolute Gasteiger partial charge is 0.271 e. The van der Waals surface area contributed by atoms with Crippen LogP contribution in [0.1, 0.15) is 27.0 Å². The molecule has 0 radical (unpaired) electrons. The van der Waals surface area contributed by atoms with E-state index < -0.39 is 0 Å². The summed E-state index contributed by atoms with van der Waals surface area (Å²) in [5.41, 5.74) is 6.15. The Bertz CT molecular complexity index is 1010. The molecule has 3 aromatic carbocycles. The van der Waals surface area contributed by atoms with Crippen LogP contribution in [-0.2, 0) is 6.61 Å². The van der Waals surface area contributed by atoms with Crippen molar-refractivity contribution >= 4 is 12.1 Å². The van der Waals surface area contributed by atoms with Gasteiger partial charge in [0.25, 0.3) is 5.91 Å². The number of carbonyl (C=O) groups excluding carboxylic acids is 1. The minimum absolute atomic E-state index is 0.296. The van der Waals surface area contributed by atoms with Gasteiger partial charge in [0.2, 0.25) is 0 Å². The number of hydrogen-bond acceptors (Lipinski definition) is 4. The summed E-state index contributed by atoms with van der Waals surface area (Å²) >= 11 is 0. The number of hydrazone groups is 1. The molecule has 0 aliphatic carbocycles. The number of carbonyl (C=O) groups is 1. The molecule has 3 aromatic rings. The van der Waals surface area contributed by atoms with Crippen LogP contribution in [0, 0.1) is 6.92 Å². The Morgan fingerprint density at radius 3 is 2.50 bits per heavy atom. The standard InChI is InChI=1S/C25H24N2O3/c1-3-15-29-24-6-4-5-21(16-24)17-26-27-25(28)22-11-13-23(14-12-22)30-18-20-9-7-19(2)8-10-20/h3-14,16-17H,1,15,18H2,2H3,(H,27,28)/b26-17-. The van der Waals surface area contributed by atoms with Crippen LogP contribution < -0.4 is 14.9 Å². The van der Waals surface area contributed by atoms with Gasteiger partial charge in [-0.3, -0.25) is 4.79 Å². The van der Waals surface area contributed by atoms with Crippen LogP contribution in [-0.4, -0.2) is 18.7 Å². The Labute approximate surface area is 176 Å². The highest BCUT2D eigenvalue weighted by molar-refractivity contribution is 5.95. The molecule has 0 saturated heterocycles. The average Bonchev–Trinajstić information content (AvgIpc) is 2.78. The van der Waals surface area contributed by atoms with Crippen molar-refractivity contribution in [2.24, 2.45) is 5.10 Å². The highest BCUT2D eigenvalue weighted by Gasteiger charge is 2.05. The zero-order valence-corrected chi connectivity index (χ0v) is 16.9.